The maximum absolute atomic E-state index is 10.6. The number of carbonyl (C=O) groups is 1. The highest BCUT2D eigenvalue weighted by molar-refractivity contribution is 5.72. The molecule has 0 aliphatic heterocycles. The fourth-order valence-corrected chi connectivity index (χ4v) is 1.09. The van der Waals surface area contributed by atoms with Gasteiger partial charge in [-0.2, -0.15) is 4.98 Å². The molecule has 2 aromatic rings. The van der Waals surface area contributed by atoms with Crippen LogP contribution in [0, 0.1) is 0 Å². The third kappa shape index (κ3) is 1.71. The molecule has 0 unspecified atom stereocenters. The Hall–Kier alpha value is -1.91. The van der Waals surface area contributed by atoms with E-state index in [0.29, 0.717) is 23.7 Å². The molecule has 5 nitrogen and oxygen atoms in total. The zero-order valence-electron chi connectivity index (χ0n) is 7.65. The summed E-state index contributed by atoms with van der Waals surface area (Å²) < 4.78 is 5.33. The van der Waals surface area contributed by atoms with Crippen LogP contribution in [0.5, 0.6) is 0 Å². The molecule has 2 rings (SSSR count). The number of aromatic nitrogens is 2. The number of carbonyl (C=O) groups excluding carboxylic acids is 1. The van der Waals surface area contributed by atoms with Crippen LogP contribution >= 0.6 is 0 Å². The number of fused-ring (bicyclic) bond motifs is 1. The van der Waals surface area contributed by atoms with Crippen molar-refractivity contribution in [3.63, 3.8) is 0 Å². The van der Waals surface area contributed by atoms with Gasteiger partial charge in [0, 0.05) is 13.1 Å². The summed E-state index contributed by atoms with van der Waals surface area (Å²) in [6, 6.07) is 3.56. The fraction of sp³-hybridized carbons (Fsp3) is 0.222. The van der Waals surface area contributed by atoms with E-state index in [1.54, 1.807) is 18.3 Å². The average Bonchev–Trinajstić information content (AvgIpc) is 2.57. The van der Waals surface area contributed by atoms with Crippen LogP contribution in [0.25, 0.3) is 11.2 Å². The molecular weight excluding hydrogens is 182 g/mol. The first-order valence-electron chi connectivity index (χ1n) is 4.20. The lowest BCUT2D eigenvalue weighted by Crippen LogP contribution is -2.18. The minimum Gasteiger partial charge on any atom is -0.437 e. The zero-order valence-corrected chi connectivity index (χ0v) is 7.65. The van der Waals surface area contributed by atoms with Crippen molar-refractivity contribution in [3.05, 3.63) is 24.2 Å². The van der Waals surface area contributed by atoms with Crippen molar-refractivity contribution in [2.24, 2.45) is 0 Å². The van der Waals surface area contributed by atoms with E-state index < -0.39 is 0 Å². The first-order chi connectivity index (χ1) is 6.75. The molecule has 2 aromatic heterocycles. The number of nitrogens with zero attached hydrogens (tertiary/aromatic N) is 2. The molecule has 0 aliphatic carbocycles. The maximum Gasteiger partial charge on any atom is 0.217 e. The predicted octanol–water partition coefficient (Wildman–Crippen LogP) is 0.859. The Morgan fingerprint density at radius 2 is 2.50 bits per heavy atom. The lowest BCUT2D eigenvalue weighted by molar-refractivity contribution is -0.119. The van der Waals surface area contributed by atoms with Crippen molar-refractivity contribution < 1.29 is 9.21 Å². The zero-order chi connectivity index (χ0) is 9.97. The number of oxazole rings is 1. The minimum absolute atomic E-state index is 0.111. The predicted molar refractivity (Wildman–Crippen MR) is 49.3 cm³/mol. The van der Waals surface area contributed by atoms with Crippen LogP contribution < -0.4 is 5.32 Å². The van der Waals surface area contributed by atoms with Gasteiger partial charge in [-0.1, -0.05) is 0 Å². The van der Waals surface area contributed by atoms with Gasteiger partial charge >= 0.3 is 0 Å². The Labute approximate surface area is 80.2 Å². The summed E-state index contributed by atoms with van der Waals surface area (Å²) >= 11 is 0. The summed E-state index contributed by atoms with van der Waals surface area (Å²) in [6.45, 7) is 1.74. The van der Waals surface area contributed by atoms with Crippen LogP contribution in [0.3, 0.4) is 0 Å². The number of hydrogen-bond acceptors (Lipinski definition) is 4. The summed E-state index contributed by atoms with van der Waals surface area (Å²) in [5.74, 6) is 0.356. The number of amides is 1. The number of pyridine rings is 1. The summed E-state index contributed by atoms with van der Waals surface area (Å²) in [5, 5.41) is 2.60. The highest BCUT2D eigenvalue weighted by atomic mass is 16.3. The molecule has 0 atom stereocenters. The molecule has 2 heterocycles. The summed E-state index contributed by atoms with van der Waals surface area (Å²) in [5.41, 5.74) is 1.20. The van der Waals surface area contributed by atoms with Crippen molar-refractivity contribution in [3.8, 4) is 0 Å². The van der Waals surface area contributed by atoms with E-state index in [1.807, 2.05) is 0 Å². The first kappa shape index (κ1) is 8.68. The second-order valence-corrected chi connectivity index (χ2v) is 2.84. The van der Waals surface area contributed by atoms with Gasteiger partial charge in [0.2, 0.25) is 11.8 Å². The lowest BCUT2D eigenvalue weighted by Gasteiger charge is -1.94. The monoisotopic (exact) mass is 191 g/mol. The van der Waals surface area contributed by atoms with Crippen molar-refractivity contribution in [1.29, 1.82) is 0 Å². The lowest BCUT2D eigenvalue weighted by atomic mass is 10.5. The van der Waals surface area contributed by atoms with Crippen molar-refractivity contribution in [1.82, 2.24) is 15.3 Å². The smallest absolute Gasteiger partial charge is 0.217 e. The first-order valence-corrected chi connectivity index (χ1v) is 4.20. The minimum atomic E-state index is -0.111. The molecule has 14 heavy (non-hydrogen) atoms. The van der Waals surface area contributed by atoms with Gasteiger partial charge in [0.05, 0.1) is 6.54 Å². The van der Waals surface area contributed by atoms with Crippen LogP contribution in [-0.2, 0) is 11.3 Å². The van der Waals surface area contributed by atoms with E-state index in [1.165, 1.54) is 6.92 Å². The Kier molecular flexibility index (Phi) is 2.14. The highest BCUT2D eigenvalue weighted by Gasteiger charge is 2.05. The second-order valence-electron chi connectivity index (χ2n) is 2.84. The van der Waals surface area contributed by atoms with Crippen molar-refractivity contribution in [2.45, 2.75) is 13.5 Å². The van der Waals surface area contributed by atoms with E-state index in [9.17, 15) is 4.79 Å². The molecule has 0 aromatic carbocycles. The van der Waals surface area contributed by atoms with E-state index in [2.05, 4.69) is 15.3 Å². The van der Waals surface area contributed by atoms with Crippen LogP contribution in [-0.4, -0.2) is 15.9 Å². The quantitative estimate of drug-likeness (QED) is 0.764. The average molecular weight is 191 g/mol. The topological polar surface area (TPSA) is 68.0 Å². The second kappa shape index (κ2) is 3.45. The number of rotatable bonds is 2. The summed E-state index contributed by atoms with van der Waals surface area (Å²) in [7, 11) is 0. The van der Waals surface area contributed by atoms with Gasteiger partial charge in [0.25, 0.3) is 0 Å². The molecule has 0 fully saturated rings. The molecule has 1 N–H and O–H groups in total. The van der Waals surface area contributed by atoms with E-state index >= 15 is 0 Å². The Bertz CT molecular complexity index is 431. The molecule has 0 aliphatic rings. The Morgan fingerprint density at radius 3 is 3.21 bits per heavy atom. The number of hydrogen-bond donors (Lipinski definition) is 1. The van der Waals surface area contributed by atoms with Crippen LogP contribution in [0.2, 0.25) is 0 Å². The van der Waals surface area contributed by atoms with Gasteiger partial charge < -0.3 is 9.73 Å². The molecule has 0 saturated carbocycles. The van der Waals surface area contributed by atoms with Gasteiger partial charge in [-0.25, -0.2) is 4.98 Å². The van der Waals surface area contributed by atoms with Gasteiger partial charge in [-0.05, 0) is 12.1 Å². The molecule has 0 radical (unpaired) electrons. The maximum atomic E-state index is 10.6. The number of nitrogens with one attached hydrogen (secondary N) is 1. The van der Waals surface area contributed by atoms with Crippen molar-refractivity contribution in [2.75, 3.05) is 0 Å². The fourth-order valence-electron chi connectivity index (χ4n) is 1.09. The van der Waals surface area contributed by atoms with Gasteiger partial charge in [0.15, 0.2) is 11.2 Å². The third-order valence-corrected chi connectivity index (χ3v) is 1.70. The Morgan fingerprint density at radius 1 is 1.64 bits per heavy atom. The Balaban J connectivity index is 2.22. The van der Waals surface area contributed by atoms with E-state index in [-0.39, 0.29) is 5.91 Å². The van der Waals surface area contributed by atoms with Gasteiger partial charge in [0.1, 0.15) is 0 Å². The molecule has 1 amide bonds. The summed E-state index contributed by atoms with van der Waals surface area (Å²) in [4.78, 5) is 18.7. The standard InChI is InChI=1S/C9H9N3O2/c1-6(13)11-5-8-12-9-7(14-8)3-2-4-10-9/h2-4H,5H2,1H3,(H,11,13). The largest absolute Gasteiger partial charge is 0.437 e. The molecule has 5 heteroatoms. The SMILES string of the molecule is CC(=O)NCc1nc2ncccc2o1. The van der Waals surface area contributed by atoms with E-state index in [0.717, 1.165) is 0 Å². The molecule has 0 spiro atoms. The highest BCUT2D eigenvalue weighted by Crippen LogP contribution is 2.11. The normalized spacial score (nSPS) is 10.4. The molecule has 72 valence electrons. The van der Waals surface area contributed by atoms with Gasteiger partial charge in [-0.15, -0.1) is 0 Å². The van der Waals surface area contributed by atoms with Crippen LogP contribution in [0.1, 0.15) is 12.8 Å². The third-order valence-electron chi connectivity index (χ3n) is 1.70. The summed E-state index contributed by atoms with van der Waals surface area (Å²) in [6.07, 6.45) is 1.65. The van der Waals surface area contributed by atoms with Crippen molar-refractivity contribution >= 4 is 17.1 Å². The molecule has 0 saturated heterocycles. The van der Waals surface area contributed by atoms with Gasteiger partial charge in [-0.3, -0.25) is 4.79 Å². The van der Waals surface area contributed by atoms with Crippen LogP contribution in [0.4, 0.5) is 0 Å². The van der Waals surface area contributed by atoms with Crippen LogP contribution in [0.15, 0.2) is 22.7 Å². The molecule has 0 bridgehead atoms. The van der Waals surface area contributed by atoms with E-state index in [4.69, 9.17) is 4.42 Å². The molecular formula is C9H9N3O2.